The number of amides is 1. The van der Waals surface area contributed by atoms with Gasteiger partial charge >= 0.3 is 0 Å². The number of carbonyl (C=O) groups is 1. The van der Waals surface area contributed by atoms with E-state index in [0.29, 0.717) is 11.6 Å². The fraction of sp³-hybridized carbons (Fsp3) is 0.444. The van der Waals surface area contributed by atoms with Crippen LogP contribution in [0, 0.1) is 11.2 Å². The third-order valence-electron chi connectivity index (χ3n) is 4.09. The highest BCUT2D eigenvalue weighted by molar-refractivity contribution is 5.92. The van der Waals surface area contributed by atoms with Gasteiger partial charge in [0.1, 0.15) is 11.6 Å². The Bertz CT molecular complexity index is 697. The lowest BCUT2D eigenvalue weighted by Gasteiger charge is -2.31. The van der Waals surface area contributed by atoms with E-state index in [1.165, 1.54) is 12.1 Å². The van der Waals surface area contributed by atoms with E-state index in [2.05, 4.69) is 10.5 Å². The van der Waals surface area contributed by atoms with E-state index in [1.54, 1.807) is 18.2 Å². The average Bonchev–Trinajstić information content (AvgIpc) is 3.22. The number of nitrogens with one attached hydrogen (secondary N) is 1. The Morgan fingerprint density at radius 1 is 1.30 bits per heavy atom. The van der Waals surface area contributed by atoms with Crippen molar-refractivity contribution < 1.29 is 13.7 Å². The molecule has 0 bridgehead atoms. The molecule has 0 aliphatic heterocycles. The van der Waals surface area contributed by atoms with Gasteiger partial charge in [0.15, 0.2) is 5.69 Å². The van der Waals surface area contributed by atoms with Crippen LogP contribution in [0.3, 0.4) is 0 Å². The molecule has 5 heteroatoms. The van der Waals surface area contributed by atoms with Crippen molar-refractivity contribution in [2.75, 3.05) is 0 Å². The Morgan fingerprint density at radius 2 is 1.96 bits per heavy atom. The van der Waals surface area contributed by atoms with Crippen LogP contribution in [-0.4, -0.2) is 11.1 Å². The lowest BCUT2D eigenvalue weighted by Crippen LogP contribution is -2.36. The zero-order valence-corrected chi connectivity index (χ0v) is 13.6. The van der Waals surface area contributed by atoms with Crippen LogP contribution in [0.1, 0.15) is 67.4 Å². The van der Waals surface area contributed by atoms with Gasteiger partial charge in [0.25, 0.3) is 5.91 Å². The van der Waals surface area contributed by atoms with Gasteiger partial charge in [-0.15, -0.1) is 0 Å². The van der Waals surface area contributed by atoms with Crippen molar-refractivity contribution in [1.29, 1.82) is 0 Å². The topological polar surface area (TPSA) is 55.1 Å². The van der Waals surface area contributed by atoms with Gasteiger partial charge in [-0.1, -0.05) is 38.1 Å². The molecule has 0 saturated heterocycles. The third-order valence-corrected chi connectivity index (χ3v) is 4.09. The summed E-state index contributed by atoms with van der Waals surface area (Å²) < 4.78 is 18.4. The Hall–Kier alpha value is -2.17. The van der Waals surface area contributed by atoms with Crippen LogP contribution in [0.5, 0.6) is 0 Å². The highest BCUT2D eigenvalue weighted by Crippen LogP contribution is 2.40. The summed E-state index contributed by atoms with van der Waals surface area (Å²) in [7, 11) is 0. The molecule has 0 unspecified atom stereocenters. The number of aromatic nitrogens is 1. The summed E-state index contributed by atoms with van der Waals surface area (Å²) in [5, 5.41) is 6.87. The molecule has 1 aromatic heterocycles. The van der Waals surface area contributed by atoms with Gasteiger partial charge in [0.05, 0.1) is 6.04 Å². The number of benzene rings is 1. The molecule has 1 aliphatic carbocycles. The molecule has 1 saturated carbocycles. The van der Waals surface area contributed by atoms with Crippen molar-refractivity contribution >= 4 is 5.91 Å². The monoisotopic (exact) mass is 316 g/mol. The summed E-state index contributed by atoms with van der Waals surface area (Å²) in [5.41, 5.74) is 0.928. The van der Waals surface area contributed by atoms with Gasteiger partial charge in [0, 0.05) is 12.0 Å². The van der Waals surface area contributed by atoms with E-state index in [1.807, 2.05) is 20.8 Å². The van der Waals surface area contributed by atoms with Crippen molar-refractivity contribution in [3.05, 3.63) is 53.2 Å². The maximum atomic E-state index is 13.1. The van der Waals surface area contributed by atoms with Crippen LogP contribution >= 0.6 is 0 Å². The molecule has 122 valence electrons. The highest BCUT2D eigenvalue weighted by atomic mass is 19.1. The van der Waals surface area contributed by atoms with E-state index in [0.717, 1.165) is 24.2 Å². The maximum Gasteiger partial charge on any atom is 0.273 e. The van der Waals surface area contributed by atoms with E-state index < -0.39 is 0 Å². The smallest absolute Gasteiger partial charge is 0.273 e. The molecular weight excluding hydrogens is 295 g/mol. The van der Waals surface area contributed by atoms with Crippen LogP contribution in [0.4, 0.5) is 4.39 Å². The van der Waals surface area contributed by atoms with Crippen molar-refractivity contribution in [2.45, 2.75) is 45.6 Å². The summed E-state index contributed by atoms with van der Waals surface area (Å²) in [6.07, 6.45) is 2.19. The predicted octanol–water partition coefficient (Wildman–Crippen LogP) is 4.21. The van der Waals surface area contributed by atoms with Gasteiger partial charge in [-0.25, -0.2) is 4.39 Å². The molecule has 1 N–H and O–H groups in total. The molecule has 1 atom stereocenters. The molecule has 3 rings (SSSR count). The van der Waals surface area contributed by atoms with Crippen molar-refractivity contribution in [2.24, 2.45) is 5.41 Å². The SMILES string of the molecule is CC(C)(C)[C@@H](NC(=O)c1cc(C2CC2)on1)c1ccc(F)cc1. The second-order valence-electron chi connectivity index (χ2n) is 7.21. The third kappa shape index (κ3) is 3.60. The van der Waals surface area contributed by atoms with Gasteiger partial charge < -0.3 is 9.84 Å². The number of nitrogens with zero attached hydrogens (tertiary/aromatic N) is 1. The summed E-state index contributed by atoms with van der Waals surface area (Å²) >= 11 is 0. The number of carbonyl (C=O) groups excluding carboxylic acids is 1. The lowest BCUT2D eigenvalue weighted by atomic mass is 9.82. The van der Waals surface area contributed by atoms with Crippen LogP contribution in [0.25, 0.3) is 0 Å². The Kier molecular flexibility index (Phi) is 3.96. The van der Waals surface area contributed by atoms with E-state index in [9.17, 15) is 9.18 Å². The van der Waals surface area contributed by atoms with Crippen LogP contribution < -0.4 is 5.32 Å². The van der Waals surface area contributed by atoms with Gasteiger partial charge in [-0.3, -0.25) is 4.79 Å². The minimum Gasteiger partial charge on any atom is -0.360 e. The van der Waals surface area contributed by atoms with Crippen molar-refractivity contribution in [1.82, 2.24) is 10.5 Å². The van der Waals surface area contributed by atoms with E-state index in [4.69, 9.17) is 4.52 Å². The molecule has 1 aromatic carbocycles. The molecule has 2 aromatic rings. The molecule has 4 nitrogen and oxygen atoms in total. The molecule has 1 fully saturated rings. The van der Waals surface area contributed by atoms with Crippen molar-refractivity contribution in [3.8, 4) is 0 Å². The zero-order chi connectivity index (χ0) is 16.6. The Labute approximate surface area is 135 Å². The number of hydrogen-bond acceptors (Lipinski definition) is 3. The number of halogens is 1. The van der Waals surface area contributed by atoms with Crippen LogP contribution in [0.2, 0.25) is 0 Å². The fourth-order valence-electron chi connectivity index (χ4n) is 2.62. The predicted molar refractivity (Wildman–Crippen MR) is 84.5 cm³/mol. The van der Waals surface area contributed by atoms with Crippen molar-refractivity contribution in [3.63, 3.8) is 0 Å². The van der Waals surface area contributed by atoms with Crippen LogP contribution in [0.15, 0.2) is 34.9 Å². The van der Waals surface area contributed by atoms with Crippen LogP contribution in [-0.2, 0) is 0 Å². The van der Waals surface area contributed by atoms with Gasteiger partial charge in [0.2, 0.25) is 0 Å². The number of rotatable bonds is 4. The standard InChI is InChI=1S/C18H21FN2O2/c1-18(2,3)16(12-6-8-13(19)9-7-12)20-17(22)14-10-15(23-21-14)11-4-5-11/h6-11,16H,4-5H2,1-3H3,(H,20,22)/t16-/m0/s1. The molecule has 1 aliphatic rings. The Balaban J connectivity index is 1.79. The van der Waals surface area contributed by atoms with Gasteiger partial charge in [-0.05, 0) is 36.0 Å². The molecule has 1 heterocycles. The van der Waals surface area contributed by atoms with Gasteiger partial charge in [-0.2, -0.15) is 0 Å². The fourth-order valence-corrected chi connectivity index (χ4v) is 2.62. The average molecular weight is 316 g/mol. The zero-order valence-electron chi connectivity index (χ0n) is 13.6. The van der Waals surface area contributed by atoms with E-state index in [-0.39, 0.29) is 23.2 Å². The molecule has 0 spiro atoms. The summed E-state index contributed by atoms with van der Waals surface area (Å²) in [6.45, 7) is 6.08. The molecule has 23 heavy (non-hydrogen) atoms. The van der Waals surface area contributed by atoms with E-state index >= 15 is 0 Å². The number of hydrogen-bond donors (Lipinski definition) is 1. The molecule has 1 amide bonds. The second-order valence-corrected chi connectivity index (χ2v) is 7.21. The first-order valence-electron chi connectivity index (χ1n) is 7.87. The molecular formula is C18H21FN2O2. The minimum atomic E-state index is -0.293. The minimum absolute atomic E-state index is 0.226. The second kappa shape index (κ2) is 5.80. The lowest BCUT2D eigenvalue weighted by molar-refractivity contribution is 0.0892. The Morgan fingerprint density at radius 3 is 2.52 bits per heavy atom. The summed E-state index contributed by atoms with van der Waals surface area (Å²) in [6, 6.07) is 7.67. The first kappa shape index (κ1) is 15.7. The summed E-state index contributed by atoms with van der Waals surface area (Å²) in [4.78, 5) is 12.5. The molecule has 0 radical (unpaired) electrons. The highest BCUT2D eigenvalue weighted by Gasteiger charge is 2.31. The first-order valence-corrected chi connectivity index (χ1v) is 7.87. The normalized spacial score (nSPS) is 16.2. The summed E-state index contributed by atoms with van der Waals surface area (Å²) in [5.74, 6) is 0.631. The quantitative estimate of drug-likeness (QED) is 0.919. The largest absolute Gasteiger partial charge is 0.360 e. The first-order chi connectivity index (χ1) is 10.8. The maximum absolute atomic E-state index is 13.1.